The zero-order valence-electron chi connectivity index (χ0n) is 11.1. The molecule has 0 aliphatic carbocycles. The number of alkyl halides is 1. The van der Waals surface area contributed by atoms with Crippen molar-refractivity contribution in [1.29, 1.82) is 5.26 Å². The maximum atomic E-state index is 8.92. The molecule has 0 amide bonds. The molecule has 3 nitrogen and oxygen atoms in total. The van der Waals surface area contributed by atoms with Gasteiger partial charge in [-0.15, -0.1) is 0 Å². The van der Waals surface area contributed by atoms with Crippen molar-refractivity contribution < 1.29 is 0 Å². The first-order valence-corrected chi connectivity index (χ1v) is 7.33. The van der Waals surface area contributed by atoms with E-state index < -0.39 is 0 Å². The molecule has 0 fully saturated rings. The Morgan fingerprint density at radius 2 is 2.16 bits per heavy atom. The van der Waals surface area contributed by atoms with Crippen molar-refractivity contribution in [3.8, 4) is 6.07 Å². The molecule has 19 heavy (non-hydrogen) atoms. The Balaban J connectivity index is 2.43. The van der Waals surface area contributed by atoms with Crippen molar-refractivity contribution in [2.24, 2.45) is 5.92 Å². The number of hydrogen-bond donors (Lipinski definition) is 0. The standard InChI is InChI=1S/C15H16BrN3/c1-11(9-17)10-19(2)15-13(8-16)7-12-5-3-4-6-14(12)18-15/h3-7,11H,8,10H2,1-2H3. The van der Waals surface area contributed by atoms with Gasteiger partial charge >= 0.3 is 0 Å². The third-order valence-corrected chi connectivity index (χ3v) is 3.66. The molecule has 2 aromatic rings. The number of nitriles is 1. The number of anilines is 1. The van der Waals surface area contributed by atoms with E-state index in [-0.39, 0.29) is 5.92 Å². The van der Waals surface area contributed by atoms with Crippen LogP contribution in [0.4, 0.5) is 5.82 Å². The molecule has 0 aliphatic rings. The van der Waals surface area contributed by atoms with E-state index in [2.05, 4.69) is 39.0 Å². The van der Waals surface area contributed by atoms with Gasteiger partial charge in [0.15, 0.2) is 0 Å². The third-order valence-electron chi connectivity index (χ3n) is 3.05. The quantitative estimate of drug-likeness (QED) is 0.807. The maximum absolute atomic E-state index is 8.92. The predicted molar refractivity (Wildman–Crippen MR) is 82.4 cm³/mol. The minimum Gasteiger partial charge on any atom is -0.358 e. The highest BCUT2D eigenvalue weighted by Crippen LogP contribution is 2.25. The summed E-state index contributed by atoms with van der Waals surface area (Å²) < 4.78 is 0. The molecule has 0 N–H and O–H groups in total. The molecule has 0 saturated heterocycles. The molecule has 0 spiro atoms. The number of nitrogens with zero attached hydrogens (tertiary/aromatic N) is 3. The summed E-state index contributed by atoms with van der Waals surface area (Å²) >= 11 is 3.51. The number of para-hydroxylation sites is 1. The molecule has 4 heteroatoms. The van der Waals surface area contributed by atoms with Gasteiger partial charge in [-0.1, -0.05) is 34.1 Å². The van der Waals surface area contributed by atoms with Crippen LogP contribution in [0.1, 0.15) is 12.5 Å². The Labute approximate surface area is 122 Å². The first-order chi connectivity index (χ1) is 9.15. The number of benzene rings is 1. The van der Waals surface area contributed by atoms with Crippen LogP contribution in [-0.2, 0) is 5.33 Å². The normalized spacial score (nSPS) is 12.1. The Hall–Kier alpha value is -1.60. The summed E-state index contributed by atoms with van der Waals surface area (Å²) in [5.74, 6) is 0.930. The summed E-state index contributed by atoms with van der Waals surface area (Å²) in [5, 5.41) is 10.8. The fourth-order valence-electron chi connectivity index (χ4n) is 2.12. The van der Waals surface area contributed by atoms with E-state index in [4.69, 9.17) is 10.2 Å². The summed E-state index contributed by atoms with van der Waals surface area (Å²) in [6.45, 7) is 2.60. The van der Waals surface area contributed by atoms with Crippen LogP contribution in [0.3, 0.4) is 0 Å². The van der Waals surface area contributed by atoms with Gasteiger partial charge in [0, 0.05) is 29.9 Å². The van der Waals surface area contributed by atoms with Gasteiger partial charge in [-0.2, -0.15) is 5.26 Å². The highest BCUT2D eigenvalue weighted by Gasteiger charge is 2.12. The number of halogens is 1. The Morgan fingerprint density at radius 3 is 2.84 bits per heavy atom. The number of pyridine rings is 1. The zero-order chi connectivity index (χ0) is 13.8. The smallest absolute Gasteiger partial charge is 0.133 e. The van der Waals surface area contributed by atoms with Gasteiger partial charge in [-0.05, 0) is 19.1 Å². The van der Waals surface area contributed by atoms with Crippen LogP contribution >= 0.6 is 15.9 Å². The first-order valence-electron chi connectivity index (χ1n) is 6.21. The van der Waals surface area contributed by atoms with Crippen molar-refractivity contribution in [1.82, 2.24) is 4.98 Å². The number of aromatic nitrogens is 1. The van der Waals surface area contributed by atoms with E-state index in [1.165, 1.54) is 0 Å². The topological polar surface area (TPSA) is 39.9 Å². The van der Waals surface area contributed by atoms with Gasteiger partial charge in [0.1, 0.15) is 5.82 Å². The lowest BCUT2D eigenvalue weighted by Crippen LogP contribution is -2.25. The minimum atomic E-state index is -0.0126. The lowest BCUT2D eigenvalue weighted by Gasteiger charge is -2.22. The van der Waals surface area contributed by atoms with Crippen LogP contribution in [0, 0.1) is 17.2 Å². The summed E-state index contributed by atoms with van der Waals surface area (Å²) in [6, 6.07) is 12.5. The van der Waals surface area contributed by atoms with Crippen LogP contribution in [-0.4, -0.2) is 18.6 Å². The van der Waals surface area contributed by atoms with Crippen molar-refractivity contribution >= 4 is 32.7 Å². The fourth-order valence-corrected chi connectivity index (χ4v) is 2.53. The molecule has 1 aromatic heterocycles. The third kappa shape index (κ3) is 3.05. The van der Waals surface area contributed by atoms with E-state index in [0.717, 1.165) is 27.6 Å². The molecule has 0 bridgehead atoms. The molecule has 2 rings (SSSR count). The first kappa shape index (κ1) is 13.8. The summed E-state index contributed by atoms with van der Waals surface area (Å²) in [5.41, 5.74) is 2.13. The van der Waals surface area contributed by atoms with Crippen molar-refractivity contribution in [3.05, 3.63) is 35.9 Å². The monoisotopic (exact) mass is 317 g/mol. The van der Waals surface area contributed by atoms with Gasteiger partial charge in [0.2, 0.25) is 0 Å². The van der Waals surface area contributed by atoms with Crippen molar-refractivity contribution in [3.63, 3.8) is 0 Å². The van der Waals surface area contributed by atoms with E-state index in [9.17, 15) is 0 Å². The summed E-state index contributed by atoms with van der Waals surface area (Å²) in [7, 11) is 1.98. The number of fused-ring (bicyclic) bond motifs is 1. The second-order valence-electron chi connectivity index (χ2n) is 4.71. The van der Waals surface area contributed by atoms with Crippen LogP contribution in [0.2, 0.25) is 0 Å². The predicted octanol–water partition coefficient (Wildman–Crippen LogP) is 3.73. The van der Waals surface area contributed by atoms with E-state index in [1.54, 1.807) is 0 Å². The second kappa shape index (κ2) is 6.03. The van der Waals surface area contributed by atoms with Crippen molar-refractivity contribution in [2.45, 2.75) is 12.3 Å². The molecular weight excluding hydrogens is 302 g/mol. The summed E-state index contributed by atoms with van der Waals surface area (Å²) in [6.07, 6.45) is 0. The molecule has 1 heterocycles. The van der Waals surface area contributed by atoms with E-state index in [0.29, 0.717) is 6.54 Å². The lowest BCUT2D eigenvalue weighted by molar-refractivity contribution is 0.709. The lowest BCUT2D eigenvalue weighted by atomic mass is 10.1. The fraction of sp³-hybridized carbons (Fsp3) is 0.333. The summed E-state index contributed by atoms with van der Waals surface area (Å²) in [4.78, 5) is 6.77. The van der Waals surface area contributed by atoms with Gasteiger partial charge < -0.3 is 4.90 Å². The average molecular weight is 318 g/mol. The maximum Gasteiger partial charge on any atom is 0.133 e. The molecule has 1 atom stereocenters. The molecule has 0 radical (unpaired) electrons. The number of rotatable bonds is 4. The molecule has 1 unspecified atom stereocenters. The van der Waals surface area contributed by atoms with Crippen molar-refractivity contribution in [2.75, 3.05) is 18.5 Å². The largest absolute Gasteiger partial charge is 0.358 e. The number of hydrogen-bond acceptors (Lipinski definition) is 3. The van der Waals surface area contributed by atoms with Crippen LogP contribution in [0.5, 0.6) is 0 Å². The van der Waals surface area contributed by atoms with Crippen LogP contribution in [0.25, 0.3) is 10.9 Å². The van der Waals surface area contributed by atoms with Crippen LogP contribution < -0.4 is 4.90 Å². The Kier molecular flexibility index (Phi) is 4.39. The minimum absolute atomic E-state index is 0.0126. The molecule has 0 aliphatic heterocycles. The Bertz CT molecular complexity index is 618. The molecule has 0 saturated carbocycles. The van der Waals surface area contributed by atoms with Gasteiger partial charge in [-0.25, -0.2) is 4.98 Å². The van der Waals surface area contributed by atoms with E-state index >= 15 is 0 Å². The second-order valence-corrected chi connectivity index (χ2v) is 5.27. The zero-order valence-corrected chi connectivity index (χ0v) is 12.7. The van der Waals surface area contributed by atoms with Gasteiger partial charge in [-0.3, -0.25) is 0 Å². The SMILES string of the molecule is CC(C#N)CN(C)c1nc2ccccc2cc1CBr. The van der Waals surface area contributed by atoms with E-state index in [1.807, 2.05) is 32.2 Å². The Morgan fingerprint density at radius 1 is 1.42 bits per heavy atom. The highest BCUT2D eigenvalue weighted by molar-refractivity contribution is 9.08. The molecular formula is C15H16BrN3. The molecule has 98 valence electrons. The highest BCUT2D eigenvalue weighted by atomic mass is 79.9. The van der Waals surface area contributed by atoms with Gasteiger partial charge in [0.25, 0.3) is 0 Å². The van der Waals surface area contributed by atoms with Gasteiger partial charge in [0.05, 0.1) is 17.5 Å². The molecule has 1 aromatic carbocycles. The van der Waals surface area contributed by atoms with Crippen LogP contribution in [0.15, 0.2) is 30.3 Å². The average Bonchev–Trinajstić information content (AvgIpc) is 2.45.